The highest BCUT2D eigenvalue weighted by molar-refractivity contribution is 6.42. The lowest BCUT2D eigenvalue weighted by Gasteiger charge is -2.16. The Morgan fingerprint density at radius 3 is 2.64 bits per heavy atom. The number of anilines is 1. The second-order valence-corrected chi connectivity index (χ2v) is 6.46. The summed E-state index contributed by atoms with van der Waals surface area (Å²) in [7, 11) is 0. The van der Waals surface area contributed by atoms with Gasteiger partial charge in [-0.1, -0.05) is 47.5 Å². The van der Waals surface area contributed by atoms with Crippen LogP contribution in [0.4, 0.5) is 5.69 Å². The molecule has 2 amide bonds. The van der Waals surface area contributed by atoms with E-state index in [2.05, 4.69) is 10.5 Å². The second kappa shape index (κ2) is 7.68. The molecule has 2 aromatic carbocycles. The molecule has 1 aliphatic heterocycles. The van der Waals surface area contributed by atoms with E-state index in [1.54, 1.807) is 23.1 Å². The molecule has 0 bridgehead atoms. The van der Waals surface area contributed by atoms with E-state index in [0.717, 1.165) is 5.69 Å². The Bertz CT molecular complexity index is 824. The van der Waals surface area contributed by atoms with Crippen molar-refractivity contribution >= 4 is 46.9 Å². The minimum absolute atomic E-state index is 0.0696. The van der Waals surface area contributed by atoms with Crippen molar-refractivity contribution in [2.75, 3.05) is 11.4 Å². The normalized spacial score (nSPS) is 17.3. The average Bonchev–Trinajstić information content (AvgIpc) is 3.01. The van der Waals surface area contributed by atoms with Crippen LogP contribution >= 0.6 is 23.2 Å². The van der Waals surface area contributed by atoms with Gasteiger partial charge in [0.25, 0.3) is 0 Å². The number of amides is 2. The van der Waals surface area contributed by atoms with Gasteiger partial charge < -0.3 is 4.90 Å². The Labute approximate surface area is 155 Å². The van der Waals surface area contributed by atoms with E-state index in [9.17, 15) is 9.59 Å². The molecule has 1 heterocycles. The van der Waals surface area contributed by atoms with Crippen LogP contribution in [0.5, 0.6) is 0 Å². The molecule has 25 heavy (non-hydrogen) atoms. The second-order valence-electron chi connectivity index (χ2n) is 5.65. The van der Waals surface area contributed by atoms with E-state index in [1.807, 2.05) is 30.3 Å². The number of para-hydroxylation sites is 1. The summed E-state index contributed by atoms with van der Waals surface area (Å²) in [6, 6.07) is 14.3. The molecule has 1 atom stereocenters. The first-order chi connectivity index (χ1) is 12.0. The third kappa shape index (κ3) is 4.18. The number of carbonyl (C=O) groups excluding carboxylic acids is 2. The maximum Gasteiger partial charge on any atom is 0.245 e. The minimum Gasteiger partial charge on any atom is -0.312 e. The largest absolute Gasteiger partial charge is 0.312 e. The molecular formula is C18H15Cl2N3O2. The van der Waals surface area contributed by atoms with Crippen LogP contribution in [-0.4, -0.2) is 24.6 Å². The van der Waals surface area contributed by atoms with Crippen molar-refractivity contribution in [2.24, 2.45) is 11.0 Å². The van der Waals surface area contributed by atoms with Gasteiger partial charge in [0.15, 0.2) is 0 Å². The standard InChI is InChI=1S/C18H15Cl2N3O2/c19-15-7-6-12(8-16(15)20)10-21-22-18(25)13-9-17(24)23(11-13)14-4-2-1-3-5-14/h1-8,10,13H,9,11H2,(H,22,25)/b21-10+. The lowest BCUT2D eigenvalue weighted by Crippen LogP contribution is -2.30. The molecular weight excluding hydrogens is 361 g/mol. The molecule has 0 spiro atoms. The first-order valence-corrected chi connectivity index (χ1v) is 8.43. The predicted octanol–water partition coefficient (Wildman–Crippen LogP) is 3.50. The minimum atomic E-state index is -0.432. The van der Waals surface area contributed by atoms with Gasteiger partial charge in [-0.3, -0.25) is 9.59 Å². The molecule has 1 N–H and O–H groups in total. The van der Waals surface area contributed by atoms with E-state index >= 15 is 0 Å². The highest BCUT2D eigenvalue weighted by Crippen LogP contribution is 2.25. The molecule has 0 radical (unpaired) electrons. The fourth-order valence-electron chi connectivity index (χ4n) is 2.60. The molecule has 1 aliphatic rings. The topological polar surface area (TPSA) is 61.8 Å². The van der Waals surface area contributed by atoms with Crippen LogP contribution in [0, 0.1) is 5.92 Å². The molecule has 7 heteroatoms. The van der Waals surface area contributed by atoms with Crippen LogP contribution in [0.15, 0.2) is 53.6 Å². The van der Waals surface area contributed by atoms with Crippen LogP contribution < -0.4 is 10.3 Å². The van der Waals surface area contributed by atoms with Crippen molar-refractivity contribution in [1.82, 2.24) is 5.43 Å². The van der Waals surface area contributed by atoms with E-state index in [4.69, 9.17) is 23.2 Å². The van der Waals surface area contributed by atoms with Crippen LogP contribution in [0.2, 0.25) is 10.0 Å². The number of hydrogen-bond donors (Lipinski definition) is 1. The van der Waals surface area contributed by atoms with Gasteiger partial charge in [0.2, 0.25) is 11.8 Å². The highest BCUT2D eigenvalue weighted by atomic mass is 35.5. The zero-order chi connectivity index (χ0) is 17.8. The number of nitrogens with zero attached hydrogens (tertiary/aromatic N) is 2. The van der Waals surface area contributed by atoms with Gasteiger partial charge in [-0.25, -0.2) is 5.43 Å². The van der Waals surface area contributed by atoms with E-state index in [1.165, 1.54) is 6.21 Å². The van der Waals surface area contributed by atoms with E-state index < -0.39 is 5.92 Å². The summed E-state index contributed by atoms with van der Waals surface area (Å²) in [5.41, 5.74) is 3.98. The van der Waals surface area contributed by atoms with Gasteiger partial charge in [0.1, 0.15) is 0 Å². The van der Waals surface area contributed by atoms with Crippen molar-refractivity contribution < 1.29 is 9.59 Å². The van der Waals surface area contributed by atoms with Crippen LogP contribution in [-0.2, 0) is 9.59 Å². The third-order valence-electron chi connectivity index (χ3n) is 3.90. The molecule has 128 valence electrons. The van der Waals surface area contributed by atoms with Crippen molar-refractivity contribution in [3.05, 3.63) is 64.1 Å². The zero-order valence-electron chi connectivity index (χ0n) is 13.2. The summed E-state index contributed by atoms with van der Waals surface area (Å²) < 4.78 is 0. The molecule has 3 rings (SSSR count). The van der Waals surface area contributed by atoms with Crippen LogP contribution in [0.1, 0.15) is 12.0 Å². The Balaban J connectivity index is 1.59. The number of halogens is 2. The van der Waals surface area contributed by atoms with Gasteiger partial charge in [-0.05, 0) is 29.8 Å². The molecule has 1 fully saturated rings. The Kier molecular flexibility index (Phi) is 5.36. The lowest BCUT2D eigenvalue weighted by atomic mass is 10.1. The summed E-state index contributed by atoms with van der Waals surface area (Å²) in [6.07, 6.45) is 1.65. The summed E-state index contributed by atoms with van der Waals surface area (Å²) in [6.45, 7) is 0.344. The quantitative estimate of drug-likeness (QED) is 0.656. The van der Waals surface area contributed by atoms with Gasteiger partial charge in [-0.15, -0.1) is 0 Å². The summed E-state index contributed by atoms with van der Waals surface area (Å²) in [5, 5.41) is 4.79. The molecule has 1 saturated heterocycles. The Hall–Kier alpha value is -2.37. The van der Waals surface area contributed by atoms with Crippen molar-refractivity contribution in [1.29, 1.82) is 0 Å². The SMILES string of the molecule is O=C(N/N=C/c1ccc(Cl)c(Cl)c1)C1CC(=O)N(c2ccccc2)C1. The fraction of sp³-hybridized carbons (Fsp3) is 0.167. The van der Waals surface area contributed by atoms with Crippen LogP contribution in [0.25, 0.3) is 0 Å². The molecule has 0 aliphatic carbocycles. The smallest absolute Gasteiger partial charge is 0.245 e. The fourth-order valence-corrected chi connectivity index (χ4v) is 2.90. The zero-order valence-corrected chi connectivity index (χ0v) is 14.7. The van der Waals surface area contributed by atoms with Gasteiger partial charge in [0.05, 0.1) is 22.2 Å². The molecule has 2 aromatic rings. The maximum absolute atomic E-state index is 12.2. The number of hydrazone groups is 1. The Morgan fingerprint density at radius 2 is 1.92 bits per heavy atom. The van der Waals surface area contributed by atoms with Gasteiger partial charge in [0, 0.05) is 18.7 Å². The molecule has 0 aromatic heterocycles. The number of nitrogens with one attached hydrogen (secondary N) is 1. The first-order valence-electron chi connectivity index (χ1n) is 7.68. The van der Waals surface area contributed by atoms with Gasteiger partial charge >= 0.3 is 0 Å². The third-order valence-corrected chi connectivity index (χ3v) is 4.63. The maximum atomic E-state index is 12.2. The molecule has 1 unspecified atom stereocenters. The highest BCUT2D eigenvalue weighted by Gasteiger charge is 2.34. The summed E-state index contributed by atoms with van der Waals surface area (Å²) in [4.78, 5) is 26.0. The lowest BCUT2D eigenvalue weighted by molar-refractivity contribution is -0.126. The van der Waals surface area contributed by atoms with E-state index in [-0.39, 0.29) is 18.2 Å². The summed E-state index contributed by atoms with van der Waals surface area (Å²) in [5.74, 6) is -0.790. The van der Waals surface area contributed by atoms with E-state index in [0.29, 0.717) is 22.2 Å². The molecule has 0 saturated carbocycles. The number of rotatable bonds is 4. The van der Waals surface area contributed by atoms with Gasteiger partial charge in [-0.2, -0.15) is 5.10 Å². The van der Waals surface area contributed by atoms with Crippen molar-refractivity contribution in [3.63, 3.8) is 0 Å². The Morgan fingerprint density at radius 1 is 1.16 bits per heavy atom. The monoisotopic (exact) mass is 375 g/mol. The average molecular weight is 376 g/mol. The predicted molar refractivity (Wildman–Crippen MR) is 99.1 cm³/mol. The van der Waals surface area contributed by atoms with Crippen LogP contribution in [0.3, 0.4) is 0 Å². The molecule has 5 nitrogen and oxygen atoms in total. The first kappa shape index (κ1) is 17.5. The number of hydrogen-bond acceptors (Lipinski definition) is 3. The number of benzene rings is 2. The number of carbonyl (C=O) groups is 2. The van der Waals surface area contributed by atoms with Crippen molar-refractivity contribution in [2.45, 2.75) is 6.42 Å². The van der Waals surface area contributed by atoms with Crippen molar-refractivity contribution in [3.8, 4) is 0 Å². The summed E-state index contributed by atoms with van der Waals surface area (Å²) >= 11 is 11.8.